The summed E-state index contributed by atoms with van der Waals surface area (Å²) in [7, 11) is 2.87. The lowest BCUT2D eigenvalue weighted by molar-refractivity contribution is -0.365. The average Bonchev–Trinajstić information content (AvgIpc) is 3.67. The molecule has 222 valence electrons. The first kappa shape index (κ1) is 26.8. The van der Waals surface area contributed by atoms with Crippen molar-refractivity contribution in [1.82, 2.24) is 0 Å². The second-order valence-corrected chi connectivity index (χ2v) is 11.0. The fraction of sp³-hybridized carbons (Fsp3) is 0.607. The molecule has 11 atom stereocenters. The van der Waals surface area contributed by atoms with E-state index in [0.29, 0.717) is 17.1 Å². The van der Waals surface area contributed by atoms with Crippen LogP contribution in [-0.4, -0.2) is 98.6 Å². The Labute approximate surface area is 235 Å². The van der Waals surface area contributed by atoms with Crippen LogP contribution in [-0.2, 0) is 38.0 Å². The molecule has 11 unspecified atom stereocenters. The molecule has 0 bridgehead atoms. The first-order chi connectivity index (χ1) is 19.8. The van der Waals surface area contributed by atoms with E-state index in [-0.39, 0.29) is 37.3 Å². The molecule has 1 saturated carbocycles. The van der Waals surface area contributed by atoms with Gasteiger partial charge in [-0.3, -0.25) is 4.79 Å². The summed E-state index contributed by atoms with van der Waals surface area (Å²) in [5.74, 6) is -1.32. The molecule has 1 aromatic rings. The van der Waals surface area contributed by atoms with Crippen molar-refractivity contribution in [2.24, 2.45) is 17.8 Å². The van der Waals surface area contributed by atoms with Crippen molar-refractivity contribution in [3.8, 4) is 17.2 Å². The maximum Gasteiger partial charge on any atom is 0.310 e. The number of phenolic OH excluding ortho intramolecular Hbond substituents is 1. The van der Waals surface area contributed by atoms with Crippen LogP contribution in [0.15, 0.2) is 35.3 Å². The number of esters is 1. The lowest BCUT2D eigenvalue weighted by Gasteiger charge is -2.49. The number of cyclic esters (lactones) is 1. The maximum absolute atomic E-state index is 13.3. The van der Waals surface area contributed by atoms with E-state index in [9.17, 15) is 20.1 Å². The van der Waals surface area contributed by atoms with Crippen LogP contribution in [0.3, 0.4) is 0 Å². The number of ether oxygens (including phenoxy) is 9. The zero-order valence-corrected chi connectivity index (χ0v) is 22.6. The molecule has 4 aliphatic heterocycles. The Balaban J connectivity index is 1.27. The van der Waals surface area contributed by atoms with Crippen LogP contribution in [0.1, 0.15) is 18.4 Å². The number of carbonyl (C=O) groups excluding carboxylic acids is 1. The van der Waals surface area contributed by atoms with Gasteiger partial charge < -0.3 is 58.0 Å². The highest BCUT2D eigenvalue weighted by atomic mass is 16.8. The van der Waals surface area contributed by atoms with Gasteiger partial charge in [-0.05, 0) is 36.3 Å². The van der Waals surface area contributed by atoms with Crippen LogP contribution >= 0.6 is 0 Å². The van der Waals surface area contributed by atoms with E-state index in [0.717, 1.165) is 5.57 Å². The molecule has 13 heteroatoms. The number of carbonyl (C=O) groups is 1. The van der Waals surface area contributed by atoms with E-state index in [1.807, 2.05) is 6.08 Å². The van der Waals surface area contributed by atoms with Crippen molar-refractivity contribution < 1.29 is 62.7 Å². The molecule has 4 fully saturated rings. The van der Waals surface area contributed by atoms with Gasteiger partial charge in [0.1, 0.15) is 24.4 Å². The van der Waals surface area contributed by atoms with Gasteiger partial charge in [0, 0.05) is 11.8 Å². The summed E-state index contributed by atoms with van der Waals surface area (Å²) in [5, 5.41) is 32.5. The molecule has 0 radical (unpaired) electrons. The van der Waals surface area contributed by atoms with Gasteiger partial charge in [0.15, 0.2) is 35.6 Å². The number of aliphatic hydroxyl groups is 2. The van der Waals surface area contributed by atoms with Crippen molar-refractivity contribution in [2.75, 3.05) is 34.2 Å². The van der Waals surface area contributed by atoms with Crippen LogP contribution in [0.25, 0.3) is 0 Å². The van der Waals surface area contributed by atoms with Gasteiger partial charge in [0.25, 0.3) is 0 Å². The Kier molecular flexibility index (Phi) is 6.56. The molecule has 2 aliphatic carbocycles. The first-order valence-corrected chi connectivity index (χ1v) is 13.6. The topological polar surface area (TPSA) is 161 Å². The molecule has 0 amide bonds. The summed E-state index contributed by atoms with van der Waals surface area (Å²) in [5.41, 5.74) is 1.44. The molecule has 1 aromatic carbocycles. The molecule has 4 heterocycles. The molecule has 13 nitrogen and oxygen atoms in total. The fourth-order valence-electron chi connectivity index (χ4n) is 7.00. The minimum Gasteiger partial charge on any atom is -0.502 e. The van der Waals surface area contributed by atoms with Gasteiger partial charge >= 0.3 is 5.97 Å². The third-order valence-corrected chi connectivity index (χ3v) is 8.87. The van der Waals surface area contributed by atoms with Gasteiger partial charge in [0.2, 0.25) is 12.5 Å². The predicted molar refractivity (Wildman–Crippen MR) is 133 cm³/mol. The standard InChI is InChI=1S/C28H32O13/c1-10-35-8-17-26(39-10)22(30)23(31)28(40-17)41-24-13-7-36-27(32)19(13)18(12-6-16-25(20(12)24)38-9-37-16)11-4-14(33-2)21(29)15(5-11)34-3/h4-6,10,13,17-20,22-24,26,28-31H,7-9H2,1-3H3. The van der Waals surface area contributed by atoms with E-state index in [1.165, 1.54) is 14.2 Å². The summed E-state index contributed by atoms with van der Waals surface area (Å²) in [6.45, 7) is 1.95. The molecule has 41 heavy (non-hydrogen) atoms. The van der Waals surface area contributed by atoms with Crippen molar-refractivity contribution >= 4 is 5.97 Å². The normalized spacial score (nSPS) is 40.9. The van der Waals surface area contributed by atoms with Gasteiger partial charge in [-0.15, -0.1) is 0 Å². The number of hydrogen-bond donors (Lipinski definition) is 3. The molecular weight excluding hydrogens is 544 g/mol. The van der Waals surface area contributed by atoms with Crippen LogP contribution in [0.2, 0.25) is 0 Å². The summed E-state index contributed by atoms with van der Waals surface area (Å²) in [6.07, 6.45) is -4.85. The van der Waals surface area contributed by atoms with Gasteiger partial charge in [-0.25, -0.2) is 0 Å². The summed E-state index contributed by atoms with van der Waals surface area (Å²) in [4.78, 5) is 13.3. The minimum atomic E-state index is -1.43. The van der Waals surface area contributed by atoms with Crippen LogP contribution < -0.4 is 9.47 Å². The van der Waals surface area contributed by atoms with Crippen molar-refractivity contribution in [2.45, 2.75) is 55.9 Å². The number of hydrogen-bond acceptors (Lipinski definition) is 13. The molecular formula is C28H32O13. The van der Waals surface area contributed by atoms with E-state index in [4.69, 9.17) is 42.6 Å². The fourth-order valence-corrected chi connectivity index (χ4v) is 7.00. The van der Waals surface area contributed by atoms with Gasteiger partial charge in [-0.1, -0.05) is 0 Å². The molecule has 3 N–H and O–H groups in total. The minimum absolute atomic E-state index is 0.0323. The zero-order chi connectivity index (χ0) is 28.6. The number of aromatic hydroxyl groups is 1. The van der Waals surface area contributed by atoms with Gasteiger partial charge in [0.05, 0.1) is 45.4 Å². The number of allylic oxidation sites excluding steroid dienone is 1. The molecule has 0 spiro atoms. The highest BCUT2D eigenvalue weighted by molar-refractivity contribution is 5.78. The average molecular weight is 577 g/mol. The highest BCUT2D eigenvalue weighted by Crippen LogP contribution is 2.58. The third-order valence-electron chi connectivity index (χ3n) is 8.87. The van der Waals surface area contributed by atoms with E-state index >= 15 is 0 Å². The molecule has 3 saturated heterocycles. The number of methoxy groups -OCH3 is 2. The summed E-state index contributed by atoms with van der Waals surface area (Å²) < 4.78 is 51.8. The Hall–Kier alpha value is -3.07. The largest absolute Gasteiger partial charge is 0.502 e. The van der Waals surface area contributed by atoms with Gasteiger partial charge in [-0.2, -0.15) is 0 Å². The number of rotatable bonds is 5. The number of aliphatic hydroxyl groups excluding tert-OH is 2. The quantitative estimate of drug-likeness (QED) is 0.420. The Bertz CT molecular complexity index is 1260. The highest BCUT2D eigenvalue weighted by Gasteiger charge is 2.61. The second kappa shape index (κ2) is 10.0. The first-order valence-electron chi connectivity index (χ1n) is 13.6. The Morgan fingerprint density at radius 2 is 1.71 bits per heavy atom. The number of phenols is 1. The van der Waals surface area contributed by atoms with Crippen LogP contribution in [0.5, 0.6) is 17.2 Å². The van der Waals surface area contributed by atoms with Crippen molar-refractivity contribution in [1.29, 1.82) is 0 Å². The maximum atomic E-state index is 13.3. The molecule has 7 rings (SSSR count). The van der Waals surface area contributed by atoms with Crippen molar-refractivity contribution in [3.63, 3.8) is 0 Å². The molecule has 0 aromatic heterocycles. The SMILES string of the molecule is COc1cc(C2C3=CC4=C(OCO4)C3C(OC3OC4COC(C)OC4C(O)C3O)C3COC(=O)C23)cc(OC)c1O. The van der Waals surface area contributed by atoms with E-state index in [2.05, 4.69) is 0 Å². The predicted octanol–water partition coefficient (Wildman–Crippen LogP) is 0.661. The monoisotopic (exact) mass is 576 g/mol. The molecule has 6 aliphatic rings. The number of benzene rings is 1. The lowest BCUT2D eigenvalue weighted by Crippen LogP contribution is -2.64. The Morgan fingerprint density at radius 1 is 0.951 bits per heavy atom. The number of fused-ring (bicyclic) bond motifs is 4. The smallest absolute Gasteiger partial charge is 0.310 e. The van der Waals surface area contributed by atoms with Crippen LogP contribution in [0.4, 0.5) is 0 Å². The lowest BCUT2D eigenvalue weighted by atomic mass is 9.62. The van der Waals surface area contributed by atoms with Crippen LogP contribution in [0, 0.1) is 17.8 Å². The zero-order valence-electron chi connectivity index (χ0n) is 22.6. The summed E-state index contributed by atoms with van der Waals surface area (Å²) in [6, 6.07) is 3.34. The van der Waals surface area contributed by atoms with Crippen molar-refractivity contribution in [3.05, 3.63) is 40.9 Å². The summed E-state index contributed by atoms with van der Waals surface area (Å²) >= 11 is 0. The third kappa shape index (κ3) is 4.09. The second-order valence-electron chi connectivity index (χ2n) is 11.0. The Morgan fingerprint density at radius 3 is 2.44 bits per heavy atom. The van der Waals surface area contributed by atoms with E-state index in [1.54, 1.807) is 19.1 Å². The van der Waals surface area contributed by atoms with E-state index < -0.39 is 72.7 Å².